The Morgan fingerprint density at radius 3 is 2.31 bits per heavy atom. The zero-order valence-electron chi connectivity index (χ0n) is 16.8. The van der Waals surface area contributed by atoms with E-state index in [1.165, 1.54) is 29.5 Å². The van der Waals surface area contributed by atoms with Gasteiger partial charge in [-0.05, 0) is 40.5 Å². The number of nitrogens with one attached hydrogen (secondary N) is 1. The molecule has 0 aliphatic heterocycles. The SMILES string of the molecule is O=C(Nc1cc(C(=O)O)ccc1-n1cncn1)OCC1c2ccccc2-c2ccccc21. The summed E-state index contributed by atoms with van der Waals surface area (Å²) in [6, 6.07) is 20.5. The Hall–Kier alpha value is -4.46. The van der Waals surface area contributed by atoms with Crippen molar-refractivity contribution in [1.29, 1.82) is 0 Å². The van der Waals surface area contributed by atoms with E-state index in [2.05, 4.69) is 27.5 Å². The summed E-state index contributed by atoms with van der Waals surface area (Å²) in [6.07, 6.45) is 2.12. The van der Waals surface area contributed by atoms with E-state index >= 15 is 0 Å². The Bertz CT molecular complexity index is 1270. The van der Waals surface area contributed by atoms with Gasteiger partial charge in [0.15, 0.2) is 0 Å². The maximum Gasteiger partial charge on any atom is 0.411 e. The Kier molecular flexibility index (Phi) is 4.87. The van der Waals surface area contributed by atoms with Gasteiger partial charge in [0.1, 0.15) is 19.3 Å². The average molecular weight is 426 g/mol. The van der Waals surface area contributed by atoms with Crippen molar-refractivity contribution in [1.82, 2.24) is 14.8 Å². The molecule has 32 heavy (non-hydrogen) atoms. The number of aromatic nitrogens is 3. The maximum absolute atomic E-state index is 12.7. The normalized spacial score (nSPS) is 12.1. The minimum absolute atomic E-state index is 0.0304. The molecule has 0 saturated carbocycles. The van der Waals surface area contributed by atoms with E-state index in [9.17, 15) is 14.7 Å². The summed E-state index contributed by atoms with van der Waals surface area (Å²) < 4.78 is 7.01. The second kappa shape index (κ2) is 7.99. The molecular weight excluding hydrogens is 408 g/mol. The van der Waals surface area contributed by atoms with E-state index in [1.54, 1.807) is 6.07 Å². The summed E-state index contributed by atoms with van der Waals surface area (Å²) in [7, 11) is 0. The molecule has 1 aliphatic rings. The van der Waals surface area contributed by atoms with Crippen molar-refractivity contribution in [2.45, 2.75) is 5.92 Å². The molecule has 3 aromatic carbocycles. The number of aromatic carboxylic acids is 1. The van der Waals surface area contributed by atoms with Gasteiger partial charge in [-0.3, -0.25) is 5.32 Å². The fraction of sp³-hybridized carbons (Fsp3) is 0.0833. The van der Waals surface area contributed by atoms with Crippen LogP contribution in [0, 0.1) is 0 Å². The molecule has 158 valence electrons. The molecule has 1 aromatic heterocycles. The molecule has 0 fully saturated rings. The lowest BCUT2D eigenvalue weighted by molar-refractivity contribution is 0.0696. The van der Waals surface area contributed by atoms with Gasteiger partial charge >= 0.3 is 12.1 Å². The zero-order valence-corrected chi connectivity index (χ0v) is 16.8. The minimum atomic E-state index is -1.11. The van der Waals surface area contributed by atoms with Crippen molar-refractivity contribution in [3.63, 3.8) is 0 Å². The number of anilines is 1. The molecule has 0 unspecified atom stereocenters. The number of hydrogen-bond donors (Lipinski definition) is 2. The number of carboxylic acids is 1. The number of nitrogens with zero attached hydrogens (tertiary/aromatic N) is 3. The highest BCUT2D eigenvalue weighted by atomic mass is 16.5. The first-order valence-electron chi connectivity index (χ1n) is 9.96. The van der Waals surface area contributed by atoms with Crippen LogP contribution in [0.2, 0.25) is 0 Å². The molecule has 8 heteroatoms. The first-order valence-corrected chi connectivity index (χ1v) is 9.96. The van der Waals surface area contributed by atoms with E-state index in [-0.39, 0.29) is 23.8 Å². The molecule has 8 nitrogen and oxygen atoms in total. The molecule has 0 spiro atoms. The first kappa shape index (κ1) is 19.5. The maximum atomic E-state index is 12.7. The van der Waals surface area contributed by atoms with Crippen LogP contribution in [0.3, 0.4) is 0 Å². The van der Waals surface area contributed by atoms with E-state index < -0.39 is 12.1 Å². The van der Waals surface area contributed by atoms with Crippen molar-refractivity contribution in [3.8, 4) is 16.8 Å². The van der Waals surface area contributed by atoms with Gasteiger partial charge in [-0.2, -0.15) is 5.10 Å². The number of ether oxygens (including phenoxy) is 1. The van der Waals surface area contributed by atoms with E-state index in [0.29, 0.717) is 5.69 Å². The van der Waals surface area contributed by atoms with Crippen LogP contribution in [0.4, 0.5) is 10.5 Å². The summed E-state index contributed by atoms with van der Waals surface area (Å²) in [6.45, 7) is 0.150. The van der Waals surface area contributed by atoms with E-state index in [4.69, 9.17) is 4.74 Å². The van der Waals surface area contributed by atoms with Crippen molar-refractivity contribution in [3.05, 3.63) is 96.1 Å². The van der Waals surface area contributed by atoms with Crippen molar-refractivity contribution < 1.29 is 19.4 Å². The molecule has 1 heterocycles. The standard InChI is InChI=1S/C24H18N4O4/c29-23(30)15-9-10-22(28-14-25-13-26-28)21(11-15)27-24(31)32-12-20-18-7-3-1-5-16(18)17-6-2-4-8-19(17)20/h1-11,13-14,20H,12H2,(H,27,31)(H,29,30). The van der Waals surface area contributed by atoms with Gasteiger partial charge in [0.05, 0.1) is 16.9 Å². The molecule has 4 aromatic rings. The summed E-state index contributed by atoms with van der Waals surface area (Å²) in [4.78, 5) is 28.0. The Morgan fingerprint density at radius 2 is 1.69 bits per heavy atom. The Labute approximate surface area is 183 Å². The van der Waals surface area contributed by atoms with Gasteiger partial charge in [-0.25, -0.2) is 19.3 Å². The molecule has 5 rings (SSSR count). The van der Waals surface area contributed by atoms with Gasteiger partial charge < -0.3 is 9.84 Å². The van der Waals surface area contributed by atoms with Gasteiger partial charge in [-0.1, -0.05) is 48.5 Å². The zero-order chi connectivity index (χ0) is 22.1. The summed E-state index contributed by atoms with van der Waals surface area (Å²) in [5, 5.41) is 16.0. The molecule has 1 aliphatic carbocycles. The third-order valence-corrected chi connectivity index (χ3v) is 5.49. The fourth-order valence-corrected chi connectivity index (χ4v) is 4.05. The number of rotatable bonds is 5. The van der Waals surface area contributed by atoms with Crippen molar-refractivity contribution >= 4 is 17.7 Å². The Balaban J connectivity index is 1.37. The van der Waals surface area contributed by atoms with Crippen LogP contribution in [0.1, 0.15) is 27.4 Å². The first-order chi connectivity index (χ1) is 15.6. The third-order valence-electron chi connectivity index (χ3n) is 5.49. The Morgan fingerprint density at radius 1 is 1.00 bits per heavy atom. The summed E-state index contributed by atoms with van der Waals surface area (Å²) in [5.41, 5.74) is 5.26. The highest BCUT2D eigenvalue weighted by Crippen LogP contribution is 2.44. The van der Waals surface area contributed by atoms with Crippen molar-refractivity contribution in [2.75, 3.05) is 11.9 Å². The monoisotopic (exact) mass is 426 g/mol. The van der Waals surface area contributed by atoms with Crippen LogP contribution in [0.15, 0.2) is 79.4 Å². The second-order valence-corrected chi connectivity index (χ2v) is 7.33. The lowest BCUT2D eigenvalue weighted by Gasteiger charge is -2.16. The molecule has 0 radical (unpaired) electrons. The molecule has 0 bridgehead atoms. The van der Waals surface area contributed by atoms with Crippen LogP contribution < -0.4 is 5.32 Å². The second-order valence-electron chi connectivity index (χ2n) is 7.33. The lowest BCUT2D eigenvalue weighted by atomic mass is 9.98. The molecule has 0 atom stereocenters. The lowest BCUT2D eigenvalue weighted by Crippen LogP contribution is -2.19. The van der Waals surface area contributed by atoms with Crippen molar-refractivity contribution in [2.24, 2.45) is 0 Å². The fourth-order valence-electron chi connectivity index (χ4n) is 4.05. The number of carbonyl (C=O) groups excluding carboxylic acids is 1. The smallest absolute Gasteiger partial charge is 0.411 e. The largest absolute Gasteiger partial charge is 0.478 e. The number of carbonyl (C=O) groups is 2. The highest BCUT2D eigenvalue weighted by Gasteiger charge is 2.29. The average Bonchev–Trinajstić information content (AvgIpc) is 3.44. The van der Waals surface area contributed by atoms with E-state index in [0.717, 1.165) is 22.3 Å². The number of hydrogen-bond acceptors (Lipinski definition) is 5. The molecule has 0 saturated heterocycles. The topological polar surface area (TPSA) is 106 Å². The van der Waals surface area contributed by atoms with Gasteiger partial charge in [0, 0.05) is 5.92 Å². The molecule has 1 amide bonds. The van der Waals surface area contributed by atoms with Crippen LogP contribution in [0.25, 0.3) is 16.8 Å². The van der Waals surface area contributed by atoms with Crippen LogP contribution in [0.5, 0.6) is 0 Å². The number of fused-ring (bicyclic) bond motifs is 3. The van der Waals surface area contributed by atoms with Crippen LogP contribution in [-0.2, 0) is 4.74 Å². The van der Waals surface area contributed by atoms with Crippen LogP contribution >= 0.6 is 0 Å². The number of benzene rings is 3. The van der Waals surface area contributed by atoms with Gasteiger partial charge in [0.25, 0.3) is 0 Å². The predicted octanol–water partition coefficient (Wildman–Crippen LogP) is 4.33. The van der Waals surface area contributed by atoms with Gasteiger partial charge in [0.2, 0.25) is 0 Å². The minimum Gasteiger partial charge on any atom is -0.478 e. The predicted molar refractivity (Wildman–Crippen MR) is 117 cm³/mol. The summed E-state index contributed by atoms with van der Waals surface area (Å²) in [5.74, 6) is -1.18. The molecular formula is C24H18N4O4. The van der Waals surface area contributed by atoms with Crippen LogP contribution in [-0.4, -0.2) is 38.5 Å². The van der Waals surface area contributed by atoms with Gasteiger partial charge in [-0.15, -0.1) is 0 Å². The molecule has 2 N–H and O–H groups in total. The number of carboxylic acid groups (broad SMARTS) is 1. The summed E-state index contributed by atoms with van der Waals surface area (Å²) >= 11 is 0. The quantitative estimate of drug-likeness (QED) is 0.492. The number of amides is 1. The highest BCUT2D eigenvalue weighted by molar-refractivity contribution is 5.93. The van der Waals surface area contributed by atoms with E-state index in [1.807, 2.05) is 36.4 Å². The third kappa shape index (κ3) is 3.47.